The number of nitrogens with zero attached hydrogens (tertiary/aromatic N) is 4. The SMILES string of the molecule is Cc1nc2c(c(N3CCC3)n1)[C@@H](C)N(C(=O)c1cccc(F)c1)C2. The van der Waals surface area contributed by atoms with Gasteiger partial charge < -0.3 is 9.80 Å². The van der Waals surface area contributed by atoms with Crippen molar-refractivity contribution < 1.29 is 9.18 Å². The number of carbonyl (C=O) groups is 1. The zero-order valence-electron chi connectivity index (χ0n) is 13.8. The zero-order chi connectivity index (χ0) is 16.8. The van der Waals surface area contributed by atoms with E-state index in [9.17, 15) is 9.18 Å². The molecular weight excluding hydrogens is 307 g/mol. The van der Waals surface area contributed by atoms with Gasteiger partial charge in [0.25, 0.3) is 5.91 Å². The molecule has 1 aromatic carbocycles. The molecule has 2 aliphatic heterocycles. The lowest BCUT2D eigenvalue weighted by atomic mass is 10.1. The van der Waals surface area contributed by atoms with E-state index >= 15 is 0 Å². The molecule has 4 rings (SSSR count). The molecule has 1 fully saturated rings. The van der Waals surface area contributed by atoms with Crippen molar-refractivity contribution >= 4 is 11.7 Å². The fourth-order valence-electron chi connectivity index (χ4n) is 3.43. The highest BCUT2D eigenvalue weighted by Gasteiger charge is 2.37. The molecule has 0 aliphatic carbocycles. The summed E-state index contributed by atoms with van der Waals surface area (Å²) in [6, 6.07) is 5.72. The van der Waals surface area contributed by atoms with Crippen LogP contribution >= 0.6 is 0 Å². The van der Waals surface area contributed by atoms with Gasteiger partial charge in [0.1, 0.15) is 17.5 Å². The first-order valence-electron chi connectivity index (χ1n) is 8.23. The van der Waals surface area contributed by atoms with Crippen LogP contribution in [0.5, 0.6) is 0 Å². The van der Waals surface area contributed by atoms with Crippen LogP contribution in [0.1, 0.15) is 46.8 Å². The number of aromatic nitrogens is 2. The number of hydrogen-bond acceptors (Lipinski definition) is 4. The zero-order valence-corrected chi connectivity index (χ0v) is 13.8. The van der Waals surface area contributed by atoms with E-state index in [0.717, 1.165) is 42.4 Å². The van der Waals surface area contributed by atoms with Crippen LogP contribution in [0.25, 0.3) is 0 Å². The van der Waals surface area contributed by atoms with Gasteiger partial charge in [-0.05, 0) is 38.5 Å². The van der Waals surface area contributed by atoms with Crippen LogP contribution in [0.3, 0.4) is 0 Å². The second-order valence-corrected chi connectivity index (χ2v) is 6.41. The van der Waals surface area contributed by atoms with Crippen LogP contribution in [0.4, 0.5) is 10.2 Å². The van der Waals surface area contributed by atoms with Crippen LogP contribution in [0.15, 0.2) is 24.3 Å². The number of aryl methyl sites for hydroxylation is 1. The van der Waals surface area contributed by atoms with Crippen LogP contribution in [0, 0.1) is 12.7 Å². The third kappa shape index (κ3) is 2.33. The average molecular weight is 326 g/mol. The van der Waals surface area contributed by atoms with Crippen molar-refractivity contribution in [3.8, 4) is 0 Å². The molecule has 124 valence electrons. The molecule has 2 aliphatic rings. The van der Waals surface area contributed by atoms with Gasteiger partial charge in [-0.25, -0.2) is 14.4 Å². The van der Waals surface area contributed by atoms with Crippen LogP contribution in [-0.4, -0.2) is 33.9 Å². The van der Waals surface area contributed by atoms with E-state index in [1.54, 1.807) is 17.0 Å². The van der Waals surface area contributed by atoms with Gasteiger partial charge in [-0.3, -0.25) is 4.79 Å². The Bertz CT molecular complexity index is 819. The van der Waals surface area contributed by atoms with Crippen molar-refractivity contribution in [2.75, 3.05) is 18.0 Å². The first kappa shape index (κ1) is 15.1. The number of carbonyl (C=O) groups excluding carboxylic acids is 1. The molecule has 6 heteroatoms. The van der Waals surface area contributed by atoms with Crippen LogP contribution in [-0.2, 0) is 6.54 Å². The Morgan fingerprint density at radius 3 is 2.75 bits per heavy atom. The Morgan fingerprint density at radius 2 is 2.08 bits per heavy atom. The molecule has 1 saturated heterocycles. The fourth-order valence-corrected chi connectivity index (χ4v) is 3.43. The summed E-state index contributed by atoms with van der Waals surface area (Å²) in [5.74, 6) is 1.10. The maximum atomic E-state index is 13.5. The van der Waals surface area contributed by atoms with Gasteiger partial charge in [0.2, 0.25) is 0 Å². The molecular formula is C18H19FN4O. The average Bonchev–Trinajstić information content (AvgIpc) is 2.81. The molecule has 0 spiro atoms. The smallest absolute Gasteiger partial charge is 0.254 e. The summed E-state index contributed by atoms with van der Waals surface area (Å²) in [6.45, 7) is 6.30. The van der Waals surface area contributed by atoms with Crippen molar-refractivity contribution in [1.82, 2.24) is 14.9 Å². The molecule has 0 unspecified atom stereocenters. The van der Waals surface area contributed by atoms with Crippen LogP contribution in [0.2, 0.25) is 0 Å². The molecule has 1 aromatic heterocycles. The lowest BCUT2D eigenvalue weighted by Crippen LogP contribution is -2.39. The number of fused-ring (bicyclic) bond motifs is 1. The molecule has 0 radical (unpaired) electrons. The van der Waals surface area contributed by atoms with Crippen molar-refractivity contribution in [3.05, 3.63) is 52.7 Å². The number of hydrogen-bond donors (Lipinski definition) is 0. The summed E-state index contributed by atoms with van der Waals surface area (Å²) in [5, 5.41) is 0. The lowest BCUT2D eigenvalue weighted by molar-refractivity contribution is 0.0703. The number of rotatable bonds is 2. The molecule has 24 heavy (non-hydrogen) atoms. The van der Waals surface area contributed by atoms with Crippen molar-refractivity contribution in [1.29, 1.82) is 0 Å². The van der Waals surface area contributed by atoms with Gasteiger partial charge in [-0.15, -0.1) is 0 Å². The largest absolute Gasteiger partial charge is 0.356 e. The van der Waals surface area contributed by atoms with E-state index in [0.29, 0.717) is 12.1 Å². The quantitative estimate of drug-likeness (QED) is 0.851. The summed E-state index contributed by atoms with van der Waals surface area (Å²) < 4.78 is 13.5. The molecule has 0 N–H and O–H groups in total. The highest BCUT2D eigenvalue weighted by molar-refractivity contribution is 5.95. The minimum atomic E-state index is -0.401. The highest BCUT2D eigenvalue weighted by Crippen LogP contribution is 2.39. The summed E-state index contributed by atoms with van der Waals surface area (Å²) in [4.78, 5) is 26.0. The van der Waals surface area contributed by atoms with E-state index in [1.807, 2.05) is 13.8 Å². The van der Waals surface area contributed by atoms with Gasteiger partial charge in [0.15, 0.2) is 0 Å². The normalized spacial score (nSPS) is 19.2. The molecule has 3 heterocycles. The maximum Gasteiger partial charge on any atom is 0.254 e. The number of amides is 1. The molecule has 1 atom stereocenters. The van der Waals surface area contributed by atoms with Crippen molar-refractivity contribution in [3.63, 3.8) is 0 Å². The second-order valence-electron chi connectivity index (χ2n) is 6.41. The molecule has 0 saturated carbocycles. The predicted molar refractivity (Wildman–Crippen MR) is 88.3 cm³/mol. The predicted octanol–water partition coefficient (Wildman–Crippen LogP) is 2.85. The maximum absolute atomic E-state index is 13.5. The van der Waals surface area contributed by atoms with Gasteiger partial charge in [0.05, 0.1) is 18.3 Å². The van der Waals surface area contributed by atoms with Crippen molar-refractivity contribution in [2.45, 2.75) is 32.9 Å². The van der Waals surface area contributed by atoms with Gasteiger partial charge >= 0.3 is 0 Å². The summed E-state index contributed by atoms with van der Waals surface area (Å²) >= 11 is 0. The Hall–Kier alpha value is -2.50. The molecule has 1 amide bonds. The van der Waals surface area contributed by atoms with E-state index in [1.165, 1.54) is 12.1 Å². The summed E-state index contributed by atoms with van der Waals surface area (Å²) in [6.07, 6.45) is 1.16. The summed E-state index contributed by atoms with van der Waals surface area (Å²) in [7, 11) is 0. The molecule has 2 aromatic rings. The Labute approximate surface area is 140 Å². The Morgan fingerprint density at radius 1 is 1.29 bits per heavy atom. The van der Waals surface area contributed by atoms with Crippen LogP contribution < -0.4 is 4.90 Å². The van der Waals surface area contributed by atoms with E-state index in [2.05, 4.69) is 14.9 Å². The van der Waals surface area contributed by atoms with Crippen molar-refractivity contribution in [2.24, 2.45) is 0 Å². The van der Waals surface area contributed by atoms with Gasteiger partial charge in [-0.1, -0.05) is 6.07 Å². The minimum absolute atomic E-state index is 0.119. The third-order valence-electron chi connectivity index (χ3n) is 4.81. The molecule has 0 bridgehead atoms. The summed E-state index contributed by atoms with van der Waals surface area (Å²) in [5.41, 5.74) is 2.30. The van der Waals surface area contributed by atoms with Gasteiger partial charge in [-0.2, -0.15) is 0 Å². The number of anilines is 1. The van der Waals surface area contributed by atoms with E-state index in [-0.39, 0.29) is 11.9 Å². The fraction of sp³-hybridized carbons (Fsp3) is 0.389. The topological polar surface area (TPSA) is 49.3 Å². The standard InChI is InChI=1S/C18H19FN4O/c1-11-16-15(20-12(2)21-17(16)22-7-4-8-22)10-23(11)18(24)13-5-3-6-14(19)9-13/h3,5-6,9,11H,4,7-8,10H2,1-2H3/t11-/m1/s1. The number of benzene rings is 1. The minimum Gasteiger partial charge on any atom is -0.356 e. The van der Waals surface area contributed by atoms with E-state index < -0.39 is 5.82 Å². The first-order valence-corrected chi connectivity index (χ1v) is 8.23. The van der Waals surface area contributed by atoms with Gasteiger partial charge in [0, 0.05) is 24.2 Å². The number of halogens is 1. The molecule has 5 nitrogen and oxygen atoms in total. The van der Waals surface area contributed by atoms with E-state index in [4.69, 9.17) is 0 Å². The first-order chi connectivity index (χ1) is 11.5. The Balaban J connectivity index is 1.70. The highest BCUT2D eigenvalue weighted by atomic mass is 19.1. The lowest BCUT2D eigenvalue weighted by Gasteiger charge is -2.34. The monoisotopic (exact) mass is 326 g/mol. The third-order valence-corrected chi connectivity index (χ3v) is 4.81. The second kappa shape index (κ2) is 5.54. The Kier molecular flexibility index (Phi) is 3.48.